The zero-order valence-electron chi connectivity index (χ0n) is 16.5. The largest absolute Gasteiger partial charge is 0.350 e. The van der Waals surface area contributed by atoms with Gasteiger partial charge in [-0.1, -0.05) is 60.7 Å². The first kappa shape index (κ1) is 19.5. The summed E-state index contributed by atoms with van der Waals surface area (Å²) < 4.78 is 1.54. The van der Waals surface area contributed by atoms with Gasteiger partial charge in [0, 0.05) is 19.3 Å². The molecule has 1 amide bonds. The molecule has 2 aromatic carbocycles. The zero-order chi connectivity index (χ0) is 20.8. The number of rotatable bonds is 7. The number of nitrogens with zero attached hydrogens (tertiary/aromatic N) is 3. The molecule has 6 heteroatoms. The first-order valence-corrected chi connectivity index (χ1v) is 9.94. The molecule has 6 nitrogen and oxygen atoms in total. The molecule has 150 valence electrons. The molecule has 30 heavy (non-hydrogen) atoms. The van der Waals surface area contributed by atoms with Gasteiger partial charge >= 0.3 is 0 Å². The third kappa shape index (κ3) is 4.43. The van der Waals surface area contributed by atoms with E-state index in [4.69, 9.17) is 0 Å². The fourth-order valence-corrected chi connectivity index (χ4v) is 3.37. The summed E-state index contributed by atoms with van der Waals surface area (Å²) in [5, 5.41) is 2.82. The van der Waals surface area contributed by atoms with Crippen molar-refractivity contribution in [1.29, 1.82) is 0 Å². The quantitative estimate of drug-likeness (QED) is 0.519. The summed E-state index contributed by atoms with van der Waals surface area (Å²) in [4.78, 5) is 34.4. The van der Waals surface area contributed by atoms with Gasteiger partial charge in [0.25, 0.3) is 11.5 Å². The molecule has 0 fully saturated rings. The Hall–Kier alpha value is -3.80. The van der Waals surface area contributed by atoms with Crippen molar-refractivity contribution < 1.29 is 4.79 Å². The van der Waals surface area contributed by atoms with Gasteiger partial charge in [-0.05, 0) is 36.1 Å². The van der Waals surface area contributed by atoms with E-state index in [0.717, 1.165) is 11.1 Å². The SMILES string of the molecule is O=C(NCCc1ccccc1)c1nc2cccnc2n(CCc2ccccc2)c1=O. The van der Waals surface area contributed by atoms with Crippen LogP contribution in [0.4, 0.5) is 0 Å². The van der Waals surface area contributed by atoms with Crippen LogP contribution in [-0.4, -0.2) is 27.0 Å². The van der Waals surface area contributed by atoms with Gasteiger partial charge in [-0.3, -0.25) is 14.2 Å². The second kappa shape index (κ2) is 9.13. The molecular formula is C24H22N4O2. The molecule has 0 bridgehead atoms. The summed E-state index contributed by atoms with van der Waals surface area (Å²) in [7, 11) is 0. The Labute approximate surface area is 174 Å². The molecule has 0 unspecified atom stereocenters. The van der Waals surface area contributed by atoms with E-state index in [9.17, 15) is 9.59 Å². The summed E-state index contributed by atoms with van der Waals surface area (Å²) in [5.74, 6) is -0.463. The lowest BCUT2D eigenvalue weighted by Gasteiger charge is -2.12. The van der Waals surface area contributed by atoms with E-state index in [-0.39, 0.29) is 5.69 Å². The summed E-state index contributed by atoms with van der Waals surface area (Å²) >= 11 is 0. The Morgan fingerprint density at radius 3 is 2.23 bits per heavy atom. The van der Waals surface area contributed by atoms with Crippen molar-refractivity contribution in [2.24, 2.45) is 0 Å². The van der Waals surface area contributed by atoms with Crippen molar-refractivity contribution in [1.82, 2.24) is 19.9 Å². The van der Waals surface area contributed by atoms with E-state index in [0.29, 0.717) is 37.1 Å². The molecule has 0 radical (unpaired) electrons. The zero-order valence-corrected chi connectivity index (χ0v) is 16.5. The van der Waals surface area contributed by atoms with Gasteiger partial charge in [0.05, 0.1) is 0 Å². The number of carbonyl (C=O) groups excluding carboxylic acids is 1. The van der Waals surface area contributed by atoms with Crippen LogP contribution in [0.15, 0.2) is 83.8 Å². The van der Waals surface area contributed by atoms with Crippen LogP contribution in [0.2, 0.25) is 0 Å². The molecule has 0 saturated carbocycles. The van der Waals surface area contributed by atoms with Crippen LogP contribution in [0.1, 0.15) is 21.6 Å². The van der Waals surface area contributed by atoms with Gasteiger partial charge < -0.3 is 5.32 Å². The number of pyridine rings is 1. The van der Waals surface area contributed by atoms with Gasteiger partial charge in [0.1, 0.15) is 5.52 Å². The molecule has 1 N–H and O–H groups in total. The number of fused-ring (bicyclic) bond motifs is 1. The van der Waals surface area contributed by atoms with Gasteiger partial charge in [-0.2, -0.15) is 0 Å². The standard InChI is InChI=1S/C24H22N4O2/c29-23(26-16-13-18-8-3-1-4-9-18)21-24(30)28(17-14-19-10-5-2-6-11-19)22-20(27-21)12-7-15-25-22/h1-12,15H,13-14,16-17H2,(H,26,29). The van der Waals surface area contributed by atoms with Crippen LogP contribution in [0.3, 0.4) is 0 Å². The van der Waals surface area contributed by atoms with E-state index in [1.54, 1.807) is 22.9 Å². The fraction of sp³-hybridized carbons (Fsp3) is 0.167. The summed E-state index contributed by atoms with van der Waals surface area (Å²) in [5.41, 5.74) is 2.72. The number of carbonyl (C=O) groups is 1. The lowest BCUT2D eigenvalue weighted by molar-refractivity contribution is 0.0947. The van der Waals surface area contributed by atoms with Crippen molar-refractivity contribution in [3.63, 3.8) is 0 Å². The minimum absolute atomic E-state index is 0.100. The maximum atomic E-state index is 13.1. The second-order valence-corrected chi connectivity index (χ2v) is 6.99. The molecule has 0 aliphatic rings. The fourth-order valence-electron chi connectivity index (χ4n) is 3.37. The van der Waals surface area contributed by atoms with Crippen molar-refractivity contribution in [3.8, 4) is 0 Å². The van der Waals surface area contributed by atoms with Crippen molar-refractivity contribution in [2.75, 3.05) is 6.54 Å². The Kier molecular flexibility index (Phi) is 5.94. The van der Waals surface area contributed by atoms with Gasteiger partial charge in [0.2, 0.25) is 0 Å². The number of aromatic nitrogens is 3. The normalized spacial score (nSPS) is 10.8. The van der Waals surface area contributed by atoms with E-state index in [1.807, 2.05) is 60.7 Å². The number of benzene rings is 2. The number of nitrogens with one attached hydrogen (secondary N) is 1. The maximum absolute atomic E-state index is 13.1. The highest BCUT2D eigenvalue weighted by Crippen LogP contribution is 2.09. The Morgan fingerprint density at radius 2 is 1.53 bits per heavy atom. The van der Waals surface area contributed by atoms with Gasteiger partial charge in [0.15, 0.2) is 11.3 Å². The Morgan fingerprint density at radius 1 is 0.867 bits per heavy atom. The molecule has 0 aliphatic heterocycles. The molecule has 0 saturated heterocycles. The van der Waals surface area contributed by atoms with Crippen LogP contribution in [-0.2, 0) is 19.4 Å². The number of aryl methyl sites for hydroxylation is 2. The smallest absolute Gasteiger partial charge is 0.283 e. The Balaban J connectivity index is 1.57. The highest BCUT2D eigenvalue weighted by molar-refractivity contribution is 5.93. The molecular weight excluding hydrogens is 376 g/mol. The third-order valence-corrected chi connectivity index (χ3v) is 4.93. The average molecular weight is 398 g/mol. The topological polar surface area (TPSA) is 76.9 Å². The summed E-state index contributed by atoms with van der Waals surface area (Å²) in [6.07, 6.45) is 2.97. The molecule has 4 aromatic rings. The van der Waals surface area contributed by atoms with Gasteiger partial charge in [-0.15, -0.1) is 0 Å². The molecule has 4 rings (SSSR count). The molecule has 2 aromatic heterocycles. The monoisotopic (exact) mass is 398 g/mol. The van der Waals surface area contributed by atoms with E-state index in [1.165, 1.54) is 0 Å². The van der Waals surface area contributed by atoms with Crippen molar-refractivity contribution >= 4 is 17.1 Å². The highest BCUT2D eigenvalue weighted by Gasteiger charge is 2.18. The number of hydrogen-bond acceptors (Lipinski definition) is 4. The lowest BCUT2D eigenvalue weighted by Crippen LogP contribution is -2.36. The lowest BCUT2D eigenvalue weighted by atomic mass is 10.1. The van der Waals surface area contributed by atoms with Crippen molar-refractivity contribution in [2.45, 2.75) is 19.4 Å². The minimum Gasteiger partial charge on any atom is -0.350 e. The first-order valence-electron chi connectivity index (χ1n) is 9.94. The van der Waals surface area contributed by atoms with Crippen LogP contribution in [0.25, 0.3) is 11.2 Å². The predicted octanol–water partition coefficient (Wildman–Crippen LogP) is 3.01. The maximum Gasteiger partial charge on any atom is 0.283 e. The molecule has 0 atom stereocenters. The predicted molar refractivity (Wildman–Crippen MR) is 116 cm³/mol. The second-order valence-electron chi connectivity index (χ2n) is 6.99. The molecule has 0 spiro atoms. The van der Waals surface area contributed by atoms with E-state index in [2.05, 4.69) is 15.3 Å². The van der Waals surface area contributed by atoms with Gasteiger partial charge in [-0.25, -0.2) is 9.97 Å². The van der Waals surface area contributed by atoms with Crippen molar-refractivity contribution in [3.05, 3.63) is 106 Å². The molecule has 2 heterocycles. The minimum atomic E-state index is -0.463. The van der Waals surface area contributed by atoms with E-state index >= 15 is 0 Å². The average Bonchev–Trinajstić information content (AvgIpc) is 2.79. The third-order valence-electron chi connectivity index (χ3n) is 4.93. The summed E-state index contributed by atoms with van der Waals surface area (Å²) in [6.45, 7) is 0.849. The summed E-state index contributed by atoms with van der Waals surface area (Å²) in [6, 6.07) is 23.3. The number of hydrogen-bond donors (Lipinski definition) is 1. The Bertz CT molecular complexity index is 1200. The first-order chi connectivity index (χ1) is 14.7. The van der Waals surface area contributed by atoms with Crippen LogP contribution in [0, 0.1) is 0 Å². The highest BCUT2D eigenvalue weighted by atomic mass is 16.2. The van der Waals surface area contributed by atoms with Crippen LogP contribution in [0.5, 0.6) is 0 Å². The van der Waals surface area contributed by atoms with E-state index < -0.39 is 11.5 Å². The van der Waals surface area contributed by atoms with Crippen LogP contribution >= 0.6 is 0 Å². The number of amides is 1. The molecule has 0 aliphatic carbocycles. The van der Waals surface area contributed by atoms with Crippen LogP contribution < -0.4 is 10.9 Å².